The molecule has 0 saturated heterocycles. The summed E-state index contributed by atoms with van der Waals surface area (Å²) >= 11 is 0. The number of hydrogen-bond donors (Lipinski definition) is 8. The van der Waals surface area contributed by atoms with Gasteiger partial charge < -0.3 is 40.9 Å². The summed E-state index contributed by atoms with van der Waals surface area (Å²) in [5, 5.41) is 62.3. The van der Waals surface area contributed by atoms with Crippen LogP contribution in [0.2, 0.25) is 0 Å². The number of fused-ring (bicyclic) bond motifs is 16. The molecular formula is C97H116F4N32O12S4. The molecule has 5 aliphatic carbocycles. The molecule has 52 heteroatoms. The number of anilines is 12. The number of sulfonamides is 4. The van der Waals surface area contributed by atoms with Crippen molar-refractivity contribution in [1.29, 1.82) is 0 Å². The third-order valence-electron chi connectivity index (χ3n) is 29.0. The number of nitrogens with one attached hydrogen (secondary N) is 4. The monoisotopic (exact) mass is 2120 g/mol. The van der Waals surface area contributed by atoms with E-state index >= 15 is 0 Å². The number of likely N-dealkylation sites (N-methyl/N-ethyl adjacent to an activating group) is 4. The van der Waals surface area contributed by atoms with Crippen LogP contribution in [0.25, 0.3) is 44.1 Å². The molecule has 21 rings (SSSR count). The minimum atomic E-state index is -4.04. The molecule has 0 radical (unpaired) electrons. The van der Waals surface area contributed by atoms with Crippen LogP contribution in [-0.4, -0.2) is 212 Å². The number of halogens is 4. The van der Waals surface area contributed by atoms with E-state index < -0.39 is 85.5 Å². The van der Waals surface area contributed by atoms with Crippen molar-refractivity contribution < 1.29 is 70.4 Å². The number of primary sulfonamides is 4. The molecule has 12 aromatic rings. The van der Waals surface area contributed by atoms with Crippen LogP contribution >= 0.6 is 0 Å². The average molecular weight is 2130 g/mol. The van der Waals surface area contributed by atoms with Gasteiger partial charge in [0.2, 0.25) is 87.5 Å². The van der Waals surface area contributed by atoms with Crippen LogP contribution in [0.5, 0.6) is 0 Å². The molecule has 0 unspecified atom stereocenters. The van der Waals surface area contributed by atoms with Crippen molar-refractivity contribution in [3.8, 4) is 0 Å². The first-order valence-electron chi connectivity index (χ1n) is 48.9. The summed E-state index contributed by atoms with van der Waals surface area (Å²) in [7, 11) is -7.31. The third-order valence-corrected chi connectivity index (χ3v) is 32.7. The quantitative estimate of drug-likeness (QED) is 0.0442. The normalized spacial score (nSPS) is 17.5. The first kappa shape index (κ1) is 105. The summed E-state index contributed by atoms with van der Waals surface area (Å²) in [5.74, 6) is 3.20. The van der Waals surface area contributed by atoms with E-state index in [-0.39, 0.29) is 102 Å². The third kappa shape index (κ3) is 19.7. The van der Waals surface area contributed by atoms with Crippen molar-refractivity contribution in [2.45, 2.75) is 244 Å². The van der Waals surface area contributed by atoms with Gasteiger partial charge in [0.15, 0.2) is 23.3 Å². The highest BCUT2D eigenvalue weighted by Crippen LogP contribution is 2.53. The Labute approximate surface area is 856 Å². The van der Waals surface area contributed by atoms with Crippen LogP contribution < -0.4 is 61.9 Å². The number of nitrogens with zero attached hydrogens (tertiary/aromatic N) is 24. The minimum Gasteiger partial charge on any atom is -0.322 e. The second-order valence-corrected chi connectivity index (χ2v) is 45.4. The second-order valence-electron chi connectivity index (χ2n) is 39.1. The molecule has 5 saturated carbocycles. The lowest BCUT2D eigenvalue weighted by Gasteiger charge is -2.47. The zero-order valence-electron chi connectivity index (χ0n) is 84.1. The summed E-state index contributed by atoms with van der Waals surface area (Å²) in [6, 6.07) is 21.6. The van der Waals surface area contributed by atoms with Gasteiger partial charge in [0.25, 0.3) is 0 Å². The van der Waals surface area contributed by atoms with Crippen molar-refractivity contribution in [3.05, 3.63) is 145 Å². The van der Waals surface area contributed by atoms with Crippen LogP contribution in [0.3, 0.4) is 0 Å². The Bertz CT molecular complexity index is 7820. The molecular weight excluding hydrogens is 2010 g/mol. The van der Waals surface area contributed by atoms with Crippen LogP contribution in [0.4, 0.5) is 87.4 Å². The van der Waals surface area contributed by atoms with Gasteiger partial charge in [-0.3, -0.25) is 42.5 Å². The Morgan fingerprint density at radius 2 is 0.638 bits per heavy atom. The van der Waals surface area contributed by atoms with E-state index in [9.17, 15) is 70.4 Å². The topological polar surface area (TPSA) is 555 Å². The summed E-state index contributed by atoms with van der Waals surface area (Å²) in [5.41, 5.74) is 0.377. The highest BCUT2D eigenvalue weighted by Gasteiger charge is 2.54. The van der Waals surface area contributed by atoms with Crippen LogP contribution in [-0.2, 0) is 81.4 Å². The Morgan fingerprint density at radius 3 is 0.919 bits per heavy atom. The average Bonchev–Trinajstić information content (AvgIpc) is 1.54. The summed E-state index contributed by atoms with van der Waals surface area (Å²) in [6.07, 6.45) is 27.3. The van der Waals surface area contributed by atoms with Crippen molar-refractivity contribution in [2.75, 3.05) is 83.1 Å². The molecule has 788 valence electrons. The van der Waals surface area contributed by atoms with Crippen molar-refractivity contribution in [3.63, 3.8) is 0 Å². The molecule has 4 spiro atoms. The maximum atomic E-state index is 14.7. The van der Waals surface area contributed by atoms with E-state index in [0.717, 1.165) is 216 Å². The van der Waals surface area contributed by atoms with Gasteiger partial charge in [-0.05, 0) is 182 Å². The van der Waals surface area contributed by atoms with Crippen molar-refractivity contribution in [2.24, 2.45) is 41.0 Å². The molecule has 4 amide bonds. The standard InChI is InChI=1S/C25H29FN8O3S.C25H31FN8O3S.C24H29FN8O3S.C23H27FN8O3S/c1-15(35)32(2)23-25(10-4-3-5-11-25)33-21(34(31-23)17-6-7-17)12-16-14-28-24(30-22(16)33)29-20-9-8-18(13-19(20)26)38(27,36)37;1-15(2)34-21-12-17-14-28-24(29-20-9-8-18(13-19(20)26)38(27,36)37)30-22(17)33(21)25(10-6-5-7-11-25)23(31-34)32(4)16(3)35;1-4-32-20-12-16-14-27-23(28-19-9-8-17(13-18(19)25)37(26,35)36)29-21(16)33(20)24(10-6-5-7-11-24)22(30-32)31(3)15(2)34;1-14(33)30(2)21-23(9-5-4-6-10-23)32-19(31(3)29-21)11-15-13-26-22(28-20(15)32)27-18-8-7-16(12-17(18)24)36(25,34)35/h8-9,12-14,17H,3-7,10-11H2,1-2H3,(H2,27,36,37)(H,28,29,30);8-9,12-15H,5-7,10-11H2,1-4H3,(H2,27,36,37)(H,28,29,30);8-9,12-14H,4-7,10-11H2,1-3H3,(H2,26,35,36)(H,27,28,29);7-8,11-13H,4-6,9-10H2,1-3H3,(H2,25,34,35)(H,26,27,28). The zero-order valence-corrected chi connectivity index (χ0v) is 87.3. The number of amidine groups is 4. The predicted molar refractivity (Wildman–Crippen MR) is 557 cm³/mol. The van der Waals surface area contributed by atoms with E-state index in [1.165, 1.54) is 69.3 Å². The molecule has 9 aliphatic rings. The SMILES string of the molecule is CC(=O)N(C)C1=NN(C(C)C)c2cc3cnc(Nc4ccc(S(N)(=O)=O)cc4F)nc3n2C12CCCCC2.CC(=O)N(C)C1=NN(C)c2cc3cnc(Nc4ccc(S(N)(=O)=O)cc4F)nc3n2C12CCCCC2.CC(=O)N(C)C1=NN(C2CC2)c2cc3cnc(Nc4ccc(S(N)(=O)=O)cc4F)nc3n2C12CCCCC2.CCN1N=C(N(C)C(C)=O)C2(CCCCC2)n2c1cc1cnc(Nc3ccc(S(N)(=O)=O)cc3F)nc12. The highest BCUT2D eigenvalue weighted by molar-refractivity contribution is 7.90. The molecule has 0 bridgehead atoms. The molecule has 4 aromatic carbocycles. The van der Waals surface area contributed by atoms with Gasteiger partial charge >= 0.3 is 0 Å². The smallest absolute Gasteiger partial charge is 0.238 e. The van der Waals surface area contributed by atoms with Gasteiger partial charge in [0.1, 0.15) is 91.3 Å². The van der Waals surface area contributed by atoms with Gasteiger partial charge in [-0.25, -0.2) is 107 Å². The molecule has 4 aliphatic heterocycles. The van der Waals surface area contributed by atoms with E-state index in [1.807, 2.05) is 67.1 Å². The summed E-state index contributed by atoms with van der Waals surface area (Å²) < 4.78 is 160. The number of aromatic nitrogens is 12. The molecule has 44 nitrogen and oxygen atoms in total. The number of carbonyl (C=O) groups excluding carboxylic acids is 4. The van der Waals surface area contributed by atoms with Crippen molar-refractivity contribution >= 4 is 201 Å². The first-order chi connectivity index (χ1) is 70.6. The fourth-order valence-corrected chi connectivity index (χ4v) is 23.4. The molecule has 5 fully saturated rings. The number of hydrazone groups is 4. The zero-order chi connectivity index (χ0) is 107. The summed E-state index contributed by atoms with van der Waals surface area (Å²) in [4.78, 5) is 91.6. The largest absolute Gasteiger partial charge is 0.322 e. The second kappa shape index (κ2) is 40.0. The number of hydrogen-bond acceptors (Lipinski definition) is 32. The molecule has 8 aromatic heterocycles. The van der Waals surface area contributed by atoms with Gasteiger partial charge in [-0.15, -0.1) is 0 Å². The van der Waals surface area contributed by atoms with Gasteiger partial charge in [0, 0.05) is 122 Å². The van der Waals surface area contributed by atoms with Gasteiger partial charge in [-0.1, -0.05) is 77.0 Å². The predicted octanol–water partition coefficient (Wildman–Crippen LogP) is 13.2. The maximum absolute atomic E-state index is 14.7. The lowest BCUT2D eigenvalue weighted by Crippen LogP contribution is -2.56. The van der Waals surface area contributed by atoms with Crippen LogP contribution in [0.1, 0.15) is 190 Å². The molecule has 12 heterocycles. The lowest BCUT2D eigenvalue weighted by molar-refractivity contribution is -0.125. The lowest BCUT2D eigenvalue weighted by atomic mass is 9.79. The highest BCUT2D eigenvalue weighted by atomic mass is 32.2. The van der Waals surface area contributed by atoms with Crippen molar-refractivity contribution in [1.82, 2.24) is 77.7 Å². The maximum Gasteiger partial charge on any atom is 0.238 e. The first-order valence-corrected chi connectivity index (χ1v) is 55.1. The van der Waals surface area contributed by atoms with E-state index in [2.05, 4.69) is 59.5 Å². The fourth-order valence-electron chi connectivity index (χ4n) is 21.3. The fraction of sp³-hybridized carbons (Fsp3) is 0.423. The Morgan fingerprint density at radius 1 is 0.376 bits per heavy atom. The van der Waals surface area contributed by atoms with Gasteiger partial charge in [0.05, 0.1) is 48.4 Å². The Hall–Kier alpha value is -14.3. The number of amides is 4. The summed E-state index contributed by atoms with van der Waals surface area (Å²) in [6.45, 7) is 12.8. The number of benzene rings is 4. The van der Waals surface area contributed by atoms with Crippen LogP contribution in [0.15, 0.2) is 162 Å². The van der Waals surface area contributed by atoms with Gasteiger partial charge in [-0.2, -0.15) is 40.3 Å². The molecule has 12 N–H and O–H groups in total. The molecule has 0 atom stereocenters. The van der Waals surface area contributed by atoms with Crippen LogP contribution in [0, 0.1) is 23.3 Å². The van der Waals surface area contributed by atoms with E-state index in [1.54, 1.807) is 84.5 Å². The van der Waals surface area contributed by atoms with E-state index in [0.29, 0.717) is 46.6 Å². The molecule has 149 heavy (non-hydrogen) atoms. The number of nitrogens with two attached hydrogens (primary N) is 4. The van der Waals surface area contributed by atoms with E-state index in [4.69, 9.17) is 60.9 Å². The Kier molecular flexibility index (Phi) is 28.1. The number of carbonyl (C=O) groups is 4. The number of rotatable bonds is 15. The minimum absolute atomic E-state index is 0.00588. The Balaban J connectivity index is 0.000000130.